The number of rotatable bonds is 1. The van der Waals surface area contributed by atoms with Crippen LogP contribution in [0.5, 0.6) is 0 Å². The first kappa shape index (κ1) is 12.1. The lowest BCUT2D eigenvalue weighted by molar-refractivity contribution is -0.172. The van der Waals surface area contributed by atoms with Gasteiger partial charge in [-0.3, -0.25) is 4.68 Å². The van der Waals surface area contributed by atoms with Crippen LogP contribution in [0.15, 0.2) is 12.3 Å². The summed E-state index contributed by atoms with van der Waals surface area (Å²) in [7, 11) is 1.94. The van der Waals surface area contributed by atoms with Crippen LogP contribution in [0, 0.1) is 0 Å². The molecule has 1 N–H and O–H groups in total. The van der Waals surface area contributed by atoms with E-state index in [1.54, 1.807) is 0 Å². The Morgan fingerprint density at radius 1 is 1.39 bits per heavy atom. The lowest BCUT2D eigenvalue weighted by Crippen LogP contribution is -2.60. The highest BCUT2D eigenvalue weighted by molar-refractivity contribution is 5.19. The Bertz CT molecular complexity index is 443. The summed E-state index contributed by atoms with van der Waals surface area (Å²) in [6.07, 6.45) is 2.89. The summed E-state index contributed by atoms with van der Waals surface area (Å²) in [5.74, 6) is 0. The molecule has 5 nitrogen and oxygen atoms in total. The minimum absolute atomic E-state index is 0.102. The van der Waals surface area contributed by atoms with Crippen molar-refractivity contribution < 1.29 is 9.47 Å². The number of morpholine rings is 1. The van der Waals surface area contributed by atoms with Gasteiger partial charge in [-0.05, 0) is 19.9 Å². The molecule has 2 aliphatic heterocycles. The Labute approximate surface area is 107 Å². The predicted molar refractivity (Wildman–Crippen MR) is 67.3 cm³/mol. The first-order valence-electron chi connectivity index (χ1n) is 6.56. The number of hydrogen-bond donors (Lipinski definition) is 1. The van der Waals surface area contributed by atoms with Gasteiger partial charge >= 0.3 is 0 Å². The van der Waals surface area contributed by atoms with Crippen LogP contribution in [0.2, 0.25) is 0 Å². The zero-order valence-electron chi connectivity index (χ0n) is 11.3. The molecule has 2 saturated heterocycles. The monoisotopic (exact) mass is 251 g/mol. The van der Waals surface area contributed by atoms with Crippen molar-refractivity contribution in [3.8, 4) is 0 Å². The van der Waals surface area contributed by atoms with E-state index in [0.717, 1.165) is 31.9 Å². The maximum Gasteiger partial charge on any atom is 0.120 e. The topological polar surface area (TPSA) is 48.3 Å². The van der Waals surface area contributed by atoms with Crippen LogP contribution in [-0.2, 0) is 16.5 Å². The van der Waals surface area contributed by atoms with Gasteiger partial charge in [0.15, 0.2) is 0 Å². The lowest BCUT2D eigenvalue weighted by Gasteiger charge is -2.47. The maximum atomic E-state index is 6.18. The molecule has 3 heterocycles. The second-order valence-electron chi connectivity index (χ2n) is 5.65. The zero-order chi connectivity index (χ0) is 12.8. The second-order valence-corrected chi connectivity index (χ2v) is 5.65. The molecule has 100 valence electrons. The van der Waals surface area contributed by atoms with Crippen LogP contribution >= 0.6 is 0 Å². The van der Waals surface area contributed by atoms with Gasteiger partial charge in [0.05, 0.1) is 30.6 Å². The van der Waals surface area contributed by atoms with E-state index in [4.69, 9.17) is 9.47 Å². The predicted octanol–water partition coefficient (Wildman–Crippen LogP) is 1.02. The van der Waals surface area contributed by atoms with Gasteiger partial charge in [0.25, 0.3) is 0 Å². The first-order chi connectivity index (χ1) is 8.55. The second kappa shape index (κ2) is 4.05. The summed E-state index contributed by atoms with van der Waals surface area (Å²) in [6, 6.07) is 2.16. The van der Waals surface area contributed by atoms with Gasteiger partial charge in [-0.15, -0.1) is 0 Å². The molecule has 2 unspecified atom stereocenters. The normalized spacial score (nSPS) is 35.2. The summed E-state index contributed by atoms with van der Waals surface area (Å²) < 4.78 is 13.9. The zero-order valence-corrected chi connectivity index (χ0v) is 11.3. The van der Waals surface area contributed by atoms with Crippen molar-refractivity contribution in [3.05, 3.63) is 18.0 Å². The van der Waals surface area contributed by atoms with E-state index >= 15 is 0 Å². The van der Waals surface area contributed by atoms with Crippen molar-refractivity contribution in [2.75, 3.05) is 19.8 Å². The van der Waals surface area contributed by atoms with Crippen molar-refractivity contribution in [1.29, 1.82) is 0 Å². The minimum Gasteiger partial charge on any atom is -0.372 e. The molecule has 2 atom stereocenters. The van der Waals surface area contributed by atoms with E-state index in [-0.39, 0.29) is 17.2 Å². The molecule has 3 rings (SSSR count). The third-order valence-corrected chi connectivity index (χ3v) is 4.26. The van der Waals surface area contributed by atoms with Crippen molar-refractivity contribution in [3.63, 3.8) is 0 Å². The molecule has 0 bridgehead atoms. The molecule has 0 saturated carbocycles. The average Bonchev–Trinajstić information content (AvgIpc) is 2.86. The molecule has 0 amide bonds. The van der Waals surface area contributed by atoms with Gasteiger partial charge in [0.1, 0.15) is 5.60 Å². The molecule has 0 aliphatic carbocycles. The first-order valence-corrected chi connectivity index (χ1v) is 6.56. The largest absolute Gasteiger partial charge is 0.372 e. The van der Waals surface area contributed by atoms with E-state index in [9.17, 15) is 0 Å². The average molecular weight is 251 g/mol. The third kappa shape index (κ3) is 1.61. The van der Waals surface area contributed by atoms with Crippen molar-refractivity contribution in [1.82, 2.24) is 15.1 Å². The highest BCUT2D eigenvalue weighted by atomic mass is 16.6. The van der Waals surface area contributed by atoms with E-state index in [1.807, 2.05) is 17.9 Å². The summed E-state index contributed by atoms with van der Waals surface area (Å²) in [6.45, 7) is 6.57. The van der Waals surface area contributed by atoms with Gasteiger partial charge < -0.3 is 14.8 Å². The number of aryl methyl sites for hydroxylation is 1. The highest BCUT2D eigenvalue weighted by Gasteiger charge is 2.58. The Hall–Kier alpha value is -0.910. The van der Waals surface area contributed by atoms with E-state index < -0.39 is 0 Å². The van der Waals surface area contributed by atoms with Gasteiger partial charge in [-0.2, -0.15) is 5.10 Å². The molecule has 0 radical (unpaired) electrons. The van der Waals surface area contributed by atoms with E-state index in [1.165, 1.54) is 0 Å². The Kier molecular flexibility index (Phi) is 2.73. The minimum atomic E-state index is -0.306. The number of nitrogens with zero attached hydrogens (tertiary/aromatic N) is 2. The van der Waals surface area contributed by atoms with Crippen LogP contribution in [-0.4, -0.2) is 40.7 Å². The molecule has 1 aromatic rings. The number of nitrogens with one attached hydrogen (secondary N) is 1. The standard InChI is InChI=1S/C13H21N3O2/c1-12(2)13(5-8-17-12)11(14-6-9-18-13)10-4-7-16(3)15-10/h4,7,11,14H,5-6,8-9H2,1-3H3. The molecular formula is C13H21N3O2. The van der Waals surface area contributed by atoms with Crippen molar-refractivity contribution >= 4 is 0 Å². The summed E-state index contributed by atoms with van der Waals surface area (Å²) in [5, 5.41) is 8.09. The fourth-order valence-corrected chi connectivity index (χ4v) is 3.23. The van der Waals surface area contributed by atoms with Gasteiger partial charge in [0.2, 0.25) is 0 Å². The summed E-state index contributed by atoms with van der Waals surface area (Å²) >= 11 is 0. The SMILES string of the molecule is Cn1ccc(C2NCCOC23CCOC3(C)C)n1. The molecule has 5 heteroatoms. The van der Waals surface area contributed by atoms with Crippen molar-refractivity contribution in [2.24, 2.45) is 7.05 Å². The summed E-state index contributed by atoms with van der Waals surface area (Å²) in [5.41, 5.74) is 0.443. The maximum absolute atomic E-state index is 6.18. The Morgan fingerprint density at radius 2 is 2.22 bits per heavy atom. The Balaban J connectivity index is 2.00. The van der Waals surface area contributed by atoms with E-state index in [0.29, 0.717) is 0 Å². The fourth-order valence-electron chi connectivity index (χ4n) is 3.23. The molecule has 2 aliphatic rings. The van der Waals surface area contributed by atoms with Crippen LogP contribution in [0.4, 0.5) is 0 Å². The fraction of sp³-hybridized carbons (Fsp3) is 0.769. The molecule has 2 fully saturated rings. The number of aromatic nitrogens is 2. The molecule has 1 aromatic heterocycles. The molecule has 1 spiro atoms. The third-order valence-electron chi connectivity index (χ3n) is 4.26. The van der Waals surface area contributed by atoms with Crippen molar-refractivity contribution in [2.45, 2.75) is 37.5 Å². The lowest BCUT2D eigenvalue weighted by atomic mass is 9.77. The van der Waals surface area contributed by atoms with Gasteiger partial charge in [0, 0.05) is 26.2 Å². The molecule has 18 heavy (non-hydrogen) atoms. The molecule has 0 aromatic carbocycles. The quantitative estimate of drug-likeness (QED) is 0.809. The van der Waals surface area contributed by atoms with Crippen LogP contribution in [0.1, 0.15) is 32.0 Å². The van der Waals surface area contributed by atoms with Gasteiger partial charge in [-0.25, -0.2) is 0 Å². The Morgan fingerprint density at radius 3 is 2.83 bits per heavy atom. The van der Waals surface area contributed by atoms with Crippen LogP contribution in [0.25, 0.3) is 0 Å². The van der Waals surface area contributed by atoms with E-state index in [2.05, 4.69) is 30.3 Å². The number of hydrogen-bond acceptors (Lipinski definition) is 4. The number of ether oxygens (including phenoxy) is 2. The molecular weight excluding hydrogens is 230 g/mol. The van der Waals surface area contributed by atoms with Crippen LogP contribution < -0.4 is 5.32 Å². The summed E-state index contributed by atoms with van der Waals surface area (Å²) in [4.78, 5) is 0. The van der Waals surface area contributed by atoms with Crippen LogP contribution in [0.3, 0.4) is 0 Å². The van der Waals surface area contributed by atoms with Gasteiger partial charge in [-0.1, -0.05) is 0 Å². The smallest absolute Gasteiger partial charge is 0.120 e. The highest BCUT2D eigenvalue weighted by Crippen LogP contribution is 2.47.